The van der Waals surface area contributed by atoms with E-state index in [0.717, 1.165) is 11.1 Å². The number of unbranched alkanes of at least 4 members (excludes halogenated alkanes) is 1. The molecule has 2 aliphatic carbocycles. The first-order valence-corrected chi connectivity index (χ1v) is 15.5. The first kappa shape index (κ1) is 32.9. The SMILES string of the molecule is CC(=O)N[C@@H](CCCCN)C(=O)O[C@@H](C)C(=O)O[C@@H](C)C(=O)OC1=CC[C@@]2(O)[C@H]3Cc4ccc(CO)c5c4[C@@]2(CCN3C)[C@H]1O5. The van der Waals surface area contributed by atoms with E-state index >= 15 is 0 Å². The van der Waals surface area contributed by atoms with E-state index in [1.165, 1.54) is 20.8 Å². The van der Waals surface area contributed by atoms with Crippen molar-refractivity contribution in [2.75, 3.05) is 20.1 Å². The molecule has 5 rings (SSSR count). The van der Waals surface area contributed by atoms with Gasteiger partial charge in [-0.25, -0.2) is 14.4 Å². The zero-order valence-electron chi connectivity index (χ0n) is 26.2. The molecule has 0 saturated carbocycles. The molecule has 45 heavy (non-hydrogen) atoms. The predicted octanol–water partition coefficient (Wildman–Crippen LogP) is 0.497. The van der Waals surface area contributed by atoms with Crippen LogP contribution in [0.5, 0.6) is 5.75 Å². The zero-order valence-corrected chi connectivity index (χ0v) is 26.2. The summed E-state index contributed by atoms with van der Waals surface area (Å²) >= 11 is 0. The lowest BCUT2D eigenvalue weighted by molar-refractivity contribution is -0.180. The molecule has 13 heteroatoms. The number of amides is 1. The Balaban J connectivity index is 1.28. The van der Waals surface area contributed by atoms with E-state index in [1.807, 2.05) is 19.2 Å². The third kappa shape index (κ3) is 5.60. The van der Waals surface area contributed by atoms with Crippen molar-refractivity contribution in [2.24, 2.45) is 5.73 Å². The van der Waals surface area contributed by atoms with Crippen LogP contribution in [-0.2, 0) is 51.8 Å². The number of aliphatic hydroxyl groups excluding tert-OH is 1. The van der Waals surface area contributed by atoms with Crippen LogP contribution in [0.4, 0.5) is 0 Å². The molecule has 0 radical (unpaired) electrons. The molecule has 2 aliphatic heterocycles. The zero-order chi connectivity index (χ0) is 32.7. The number of nitrogens with two attached hydrogens (primary N) is 1. The number of carbonyl (C=O) groups excluding carboxylic acids is 4. The molecule has 1 aromatic rings. The fraction of sp³-hybridized carbons (Fsp3) is 0.625. The van der Waals surface area contributed by atoms with Crippen molar-refractivity contribution >= 4 is 23.8 Å². The van der Waals surface area contributed by atoms with Gasteiger partial charge in [-0.2, -0.15) is 0 Å². The maximum atomic E-state index is 13.2. The topological polar surface area (TPSA) is 187 Å². The van der Waals surface area contributed by atoms with Crippen LogP contribution in [0.2, 0.25) is 0 Å². The van der Waals surface area contributed by atoms with Gasteiger partial charge in [0.1, 0.15) is 17.6 Å². The van der Waals surface area contributed by atoms with Gasteiger partial charge in [0.15, 0.2) is 18.3 Å². The van der Waals surface area contributed by atoms with Crippen LogP contribution in [0, 0.1) is 0 Å². The van der Waals surface area contributed by atoms with Crippen molar-refractivity contribution in [1.82, 2.24) is 10.2 Å². The summed E-state index contributed by atoms with van der Waals surface area (Å²) in [5, 5.41) is 24.9. The van der Waals surface area contributed by atoms with E-state index in [1.54, 1.807) is 6.08 Å². The molecule has 1 spiro atoms. The molecule has 1 aromatic carbocycles. The molecule has 4 aliphatic rings. The Bertz CT molecular complexity index is 1400. The summed E-state index contributed by atoms with van der Waals surface area (Å²) in [6.07, 6.45) is 1.01. The molecular formula is C32H43N3O10. The largest absolute Gasteiger partial charge is 0.481 e. The number of benzene rings is 1. The monoisotopic (exact) mass is 629 g/mol. The fourth-order valence-electron chi connectivity index (χ4n) is 7.44. The summed E-state index contributed by atoms with van der Waals surface area (Å²) in [4.78, 5) is 52.4. The lowest BCUT2D eigenvalue weighted by Gasteiger charge is -2.61. The van der Waals surface area contributed by atoms with Crippen LogP contribution in [0.3, 0.4) is 0 Å². The summed E-state index contributed by atoms with van der Waals surface area (Å²) in [7, 11) is 1.99. The van der Waals surface area contributed by atoms with Crippen molar-refractivity contribution in [3.63, 3.8) is 0 Å². The lowest BCUT2D eigenvalue weighted by Crippen LogP contribution is -2.74. The highest BCUT2D eigenvalue weighted by Crippen LogP contribution is 2.64. The Kier molecular flexibility index (Phi) is 9.28. The molecule has 0 aromatic heterocycles. The van der Waals surface area contributed by atoms with E-state index in [9.17, 15) is 29.4 Å². The van der Waals surface area contributed by atoms with Gasteiger partial charge < -0.3 is 45.1 Å². The quantitative estimate of drug-likeness (QED) is 0.143. The number of hydrogen-bond acceptors (Lipinski definition) is 12. The number of likely N-dealkylation sites (tertiary alicyclic amines) is 1. The van der Waals surface area contributed by atoms with Crippen molar-refractivity contribution < 1.29 is 48.3 Å². The molecule has 1 amide bonds. The minimum absolute atomic E-state index is 0.181. The molecule has 2 heterocycles. The summed E-state index contributed by atoms with van der Waals surface area (Å²) in [6, 6.07) is 2.66. The van der Waals surface area contributed by atoms with Crippen LogP contribution in [0.15, 0.2) is 24.0 Å². The van der Waals surface area contributed by atoms with Crippen molar-refractivity contribution in [2.45, 2.75) is 107 Å². The molecule has 1 saturated heterocycles. The van der Waals surface area contributed by atoms with E-state index < -0.39 is 59.2 Å². The number of aliphatic hydroxyl groups is 2. The van der Waals surface area contributed by atoms with Crippen LogP contribution < -0.4 is 15.8 Å². The number of piperidine rings is 1. The Labute approximate surface area is 262 Å². The van der Waals surface area contributed by atoms with Gasteiger partial charge in [-0.3, -0.25) is 4.79 Å². The maximum Gasteiger partial charge on any atom is 0.352 e. The number of nitrogens with one attached hydrogen (secondary N) is 1. The van der Waals surface area contributed by atoms with E-state index in [4.69, 9.17) is 24.7 Å². The van der Waals surface area contributed by atoms with Gasteiger partial charge in [0.2, 0.25) is 5.91 Å². The van der Waals surface area contributed by atoms with Crippen molar-refractivity contribution in [1.29, 1.82) is 0 Å². The average molecular weight is 630 g/mol. The lowest BCUT2D eigenvalue weighted by atomic mass is 9.50. The minimum Gasteiger partial charge on any atom is -0.481 e. The molecule has 2 bridgehead atoms. The normalized spacial score (nSPS) is 28.0. The molecule has 0 unspecified atom stereocenters. The molecule has 5 N–H and O–H groups in total. The second-order valence-corrected chi connectivity index (χ2v) is 12.5. The number of ether oxygens (including phenoxy) is 4. The molecular weight excluding hydrogens is 586 g/mol. The molecule has 246 valence electrons. The smallest absolute Gasteiger partial charge is 0.352 e. The highest BCUT2D eigenvalue weighted by atomic mass is 16.6. The summed E-state index contributed by atoms with van der Waals surface area (Å²) in [5.41, 5.74) is 5.92. The Hall–Kier alpha value is -3.52. The maximum absolute atomic E-state index is 13.2. The second kappa shape index (κ2) is 12.7. The summed E-state index contributed by atoms with van der Waals surface area (Å²) in [5.74, 6) is -2.33. The van der Waals surface area contributed by atoms with Gasteiger partial charge in [0.05, 0.1) is 17.6 Å². The first-order chi connectivity index (χ1) is 21.4. The van der Waals surface area contributed by atoms with Crippen molar-refractivity contribution in [3.8, 4) is 5.75 Å². The second-order valence-electron chi connectivity index (χ2n) is 12.5. The molecule has 13 nitrogen and oxygen atoms in total. The first-order valence-electron chi connectivity index (χ1n) is 15.5. The number of likely N-dealkylation sites (N-methyl/N-ethyl adjacent to an activating group) is 1. The summed E-state index contributed by atoms with van der Waals surface area (Å²) in [6.45, 7) is 4.80. The fourth-order valence-corrected chi connectivity index (χ4v) is 7.44. The Morgan fingerprint density at radius 1 is 1.13 bits per heavy atom. The van der Waals surface area contributed by atoms with E-state index in [2.05, 4.69) is 10.2 Å². The predicted molar refractivity (Wildman–Crippen MR) is 159 cm³/mol. The van der Waals surface area contributed by atoms with Crippen LogP contribution in [-0.4, -0.2) is 95.1 Å². The van der Waals surface area contributed by atoms with Gasteiger partial charge in [-0.15, -0.1) is 0 Å². The number of rotatable bonds is 12. The highest BCUT2D eigenvalue weighted by Gasteiger charge is 2.72. The Morgan fingerprint density at radius 2 is 1.84 bits per heavy atom. The van der Waals surface area contributed by atoms with Gasteiger partial charge in [0, 0.05) is 30.5 Å². The van der Waals surface area contributed by atoms with Gasteiger partial charge in [0.25, 0.3) is 0 Å². The average Bonchev–Trinajstić information content (AvgIpc) is 3.35. The number of hydrogen-bond donors (Lipinski definition) is 4. The van der Waals surface area contributed by atoms with Crippen molar-refractivity contribution in [3.05, 3.63) is 40.7 Å². The third-order valence-corrected chi connectivity index (χ3v) is 9.70. The van der Waals surface area contributed by atoms with Gasteiger partial charge >= 0.3 is 17.9 Å². The molecule has 7 atom stereocenters. The van der Waals surface area contributed by atoms with Gasteiger partial charge in [-0.05, 0) is 77.7 Å². The number of esters is 3. The third-order valence-electron chi connectivity index (χ3n) is 9.70. The van der Waals surface area contributed by atoms with E-state index in [0.29, 0.717) is 50.1 Å². The highest BCUT2D eigenvalue weighted by molar-refractivity contribution is 5.86. The number of carbonyl (C=O) groups is 4. The molecule has 1 fully saturated rings. The van der Waals surface area contributed by atoms with Crippen LogP contribution in [0.1, 0.15) is 69.6 Å². The van der Waals surface area contributed by atoms with Gasteiger partial charge in [-0.1, -0.05) is 12.1 Å². The Morgan fingerprint density at radius 3 is 2.53 bits per heavy atom. The van der Waals surface area contributed by atoms with Crippen LogP contribution in [0.25, 0.3) is 0 Å². The standard InChI is InChI=1S/C32H43N3O10/c1-17(43-30(40)22(34-19(3)37)7-5-6-13-33)28(38)42-18(2)29(39)44-23-10-11-32(41)24-15-20-8-9-21(16-36)26-25(20)31(32,27(23)45-26)12-14-35(24)4/h8-10,17-18,22,24,27,36,41H,5-7,11-16,33H2,1-4H3,(H,34,37)/t17-,18-,22-,24+,27-,31-,32+/m0/s1. The summed E-state index contributed by atoms with van der Waals surface area (Å²) < 4.78 is 22.8. The number of nitrogens with zero attached hydrogens (tertiary/aromatic N) is 1. The minimum atomic E-state index is -1.36. The van der Waals surface area contributed by atoms with Crippen LogP contribution >= 0.6 is 0 Å². The van der Waals surface area contributed by atoms with E-state index in [-0.39, 0.29) is 31.2 Å².